The van der Waals surface area contributed by atoms with E-state index in [-0.39, 0.29) is 17.6 Å². The number of benzene rings is 1. The Morgan fingerprint density at radius 1 is 1.57 bits per heavy atom. The molecule has 2 aliphatic rings. The van der Waals surface area contributed by atoms with Crippen molar-refractivity contribution in [2.75, 3.05) is 6.61 Å². The Hall–Kier alpha value is -2.17. The SMILES string of the molecule is CCOc1ccc2c(c1)OC1(C)CC2/C(=C(\C)O)C(=O)N1. The maximum Gasteiger partial charge on any atom is 0.254 e. The molecule has 0 saturated carbocycles. The predicted molar refractivity (Wildman–Crippen MR) is 77.5 cm³/mol. The van der Waals surface area contributed by atoms with E-state index < -0.39 is 5.72 Å². The van der Waals surface area contributed by atoms with Gasteiger partial charge in [-0.1, -0.05) is 6.07 Å². The summed E-state index contributed by atoms with van der Waals surface area (Å²) in [6.07, 6.45) is 0.604. The van der Waals surface area contributed by atoms with Crippen molar-refractivity contribution >= 4 is 5.91 Å². The topological polar surface area (TPSA) is 67.8 Å². The molecule has 0 radical (unpaired) electrons. The van der Waals surface area contributed by atoms with Crippen molar-refractivity contribution in [3.05, 3.63) is 35.1 Å². The number of nitrogens with one attached hydrogen (secondary N) is 1. The van der Waals surface area contributed by atoms with Gasteiger partial charge in [-0.05, 0) is 26.8 Å². The van der Waals surface area contributed by atoms with Gasteiger partial charge < -0.3 is 19.9 Å². The third-order valence-electron chi connectivity index (χ3n) is 3.96. The van der Waals surface area contributed by atoms with Gasteiger partial charge >= 0.3 is 0 Å². The van der Waals surface area contributed by atoms with Crippen molar-refractivity contribution in [1.29, 1.82) is 0 Å². The zero-order valence-electron chi connectivity index (χ0n) is 12.4. The van der Waals surface area contributed by atoms with E-state index in [0.29, 0.717) is 24.4 Å². The number of carbonyl (C=O) groups is 1. The first-order valence-electron chi connectivity index (χ1n) is 7.11. The number of rotatable bonds is 2. The zero-order chi connectivity index (χ0) is 15.2. The maximum atomic E-state index is 12.2. The van der Waals surface area contributed by atoms with E-state index in [4.69, 9.17) is 9.47 Å². The minimum Gasteiger partial charge on any atom is -0.512 e. The number of carbonyl (C=O) groups excluding carboxylic acids is 1. The van der Waals surface area contributed by atoms with Gasteiger partial charge in [0.15, 0.2) is 5.72 Å². The molecule has 5 heteroatoms. The standard InChI is InChI=1S/C16H19NO4/c1-4-20-10-5-6-11-12-8-16(3,21-13(11)7-10)17-15(19)14(12)9(2)18/h5-7,12,18H,4,8H2,1-3H3,(H,17,19)/b14-9-. The normalized spacial score (nSPS) is 29.1. The largest absolute Gasteiger partial charge is 0.512 e. The molecule has 1 fully saturated rings. The molecular weight excluding hydrogens is 270 g/mol. The molecule has 5 nitrogen and oxygen atoms in total. The molecule has 2 bridgehead atoms. The van der Waals surface area contributed by atoms with Crippen LogP contribution in [-0.4, -0.2) is 23.3 Å². The third-order valence-corrected chi connectivity index (χ3v) is 3.96. The third kappa shape index (κ3) is 2.22. The van der Waals surface area contributed by atoms with Crippen molar-refractivity contribution in [1.82, 2.24) is 5.32 Å². The number of piperidine rings is 1. The van der Waals surface area contributed by atoms with Gasteiger partial charge in [-0.15, -0.1) is 0 Å². The first-order chi connectivity index (χ1) is 9.93. The van der Waals surface area contributed by atoms with Crippen LogP contribution in [0, 0.1) is 0 Å². The summed E-state index contributed by atoms with van der Waals surface area (Å²) in [5.74, 6) is 1.05. The fraction of sp³-hybridized carbons (Fsp3) is 0.438. The van der Waals surface area contributed by atoms with E-state index in [0.717, 1.165) is 11.3 Å². The highest BCUT2D eigenvalue weighted by Gasteiger charge is 2.47. The lowest BCUT2D eigenvalue weighted by Crippen LogP contribution is -2.58. The van der Waals surface area contributed by atoms with Crippen LogP contribution >= 0.6 is 0 Å². The number of hydrogen-bond acceptors (Lipinski definition) is 4. The Balaban J connectivity index is 2.11. The maximum absolute atomic E-state index is 12.2. The molecule has 2 aliphatic heterocycles. The first kappa shape index (κ1) is 13.8. The first-order valence-corrected chi connectivity index (χ1v) is 7.11. The summed E-state index contributed by atoms with van der Waals surface area (Å²) in [5, 5.41) is 12.7. The Bertz CT molecular complexity index is 633. The Morgan fingerprint density at radius 2 is 2.33 bits per heavy atom. The van der Waals surface area contributed by atoms with Gasteiger partial charge in [0.2, 0.25) is 0 Å². The second-order valence-electron chi connectivity index (χ2n) is 5.68. The van der Waals surface area contributed by atoms with Gasteiger partial charge in [-0.25, -0.2) is 0 Å². The summed E-state index contributed by atoms with van der Waals surface area (Å²) < 4.78 is 11.5. The molecule has 1 amide bonds. The van der Waals surface area contributed by atoms with E-state index in [1.807, 2.05) is 32.0 Å². The highest BCUT2D eigenvalue weighted by Crippen LogP contribution is 2.47. The molecule has 2 heterocycles. The summed E-state index contributed by atoms with van der Waals surface area (Å²) in [6.45, 7) is 5.89. The summed E-state index contributed by atoms with van der Waals surface area (Å²) in [4.78, 5) is 12.2. The van der Waals surface area contributed by atoms with Crippen LogP contribution in [0.3, 0.4) is 0 Å². The Labute approximate surface area is 123 Å². The zero-order valence-corrected chi connectivity index (χ0v) is 12.4. The van der Waals surface area contributed by atoms with Gasteiger partial charge in [0.05, 0.1) is 17.9 Å². The van der Waals surface area contributed by atoms with Crippen LogP contribution in [0.2, 0.25) is 0 Å². The van der Waals surface area contributed by atoms with Gasteiger partial charge in [0.1, 0.15) is 11.5 Å². The van der Waals surface area contributed by atoms with Crippen LogP contribution in [-0.2, 0) is 4.79 Å². The van der Waals surface area contributed by atoms with Gasteiger partial charge in [0.25, 0.3) is 5.91 Å². The molecule has 1 aromatic rings. The predicted octanol–water partition coefficient (Wildman–Crippen LogP) is 2.63. The fourth-order valence-electron chi connectivity index (χ4n) is 3.15. The van der Waals surface area contributed by atoms with Crippen molar-refractivity contribution in [3.63, 3.8) is 0 Å². The number of aliphatic hydroxyl groups excluding tert-OH is 1. The van der Waals surface area contributed by atoms with E-state index in [1.165, 1.54) is 0 Å². The van der Waals surface area contributed by atoms with Crippen molar-refractivity contribution < 1.29 is 19.4 Å². The Morgan fingerprint density at radius 3 is 3.00 bits per heavy atom. The van der Waals surface area contributed by atoms with E-state index >= 15 is 0 Å². The lowest BCUT2D eigenvalue weighted by molar-refractivity contribution is -0.127. The van der Waals surface area contributed by atoms with Crippen LogP contribution < -0.4 is 14.8 Å². The smallest absolute Gasteiger partial charge is 0.254 e. The van der Waals surface area contributed by atoms with Gasteiger partial charge in [-0.3, -0.25) is 4.79 Å². The quantitative estimate of drug-likeness (QED) is 0.649. The van der Waals surface area contributed by atoms with Crippen LogP contribution in [0.25, 0.3) is 0 Å². The lowest BCUT2D eigenvalue weighted by atomic mass is 9.78. The average molecular weight is 289 g/mol. The molecule has 21 heavy (non-hydrogen) atoms. The molecule has 1 saturated heterocycles. The highest BCUT2D eigenvalue weighted by atomic mass is 16.5. The number of aliphatic hydroxyl groups is 1. The lowest BCUT2D eigenvalue weighted by Gasteiger charge is -2.45. The molecule has 0 aliphatic carbocycles. The van der Waals surface area contributed by atoms with Gasteiger partial charge in [-0.2, -0.15) is 0 Å². The second-order valence-corrected chi connectivity index (χ2v) is 5.68. The minimum absolute atomic E-state index is 0.0567. The van der Waals surface area contributed by atoms with E-state index in [1.54, 1.807) is 6.92 Å². The summed E-state index contributed by atoms with van der Waals surface area (Å²) in [6, 6.07) is 5.61. The van der Waals surface area contributed by atoms with E-state index in [2.05, 4.69) is 5.32 Å². The highest BCUT2D eigenvalue weighted by molar-refractivity contribution is 5.97. The number of fused-ring (bicyclic) bond motifs is 4. The molecule has 112 valence electrons. The summed E-state index contributed by atoms with van der Waals surface area (Å²) in [5.41, 5.74) is 0.578. The molecule has 0 aromatic heterocycles. The fourth-order valence-corrected chi connectivity index (χ4v) is 3.15. The van der Waals surface area contributed by atoms with Crippen molar-refractivity contribution in [2.45, 2.75) is 38.8 Å². The van der Waals surface area contributed by atoms with Crippen LogP contribution in [0.5, 0.6) is 11.5 Å². The van der Waals surface area contributed by atoms with Crippen LogP contribution in [0.4, 0.5) is 0 Å². The van der Waals surface area contributed by atoms with Crippen LogP contribution in [0.1, 0.15) is 38.7 Å². The number of amides is 1. The number of ether oxygens (including phenoxy) is 2. The molecule has 1 aromatic carbocycles. The molecule has 2 N–H and O–H groups in total. The molecule has 2 atom stereocenters. The van der Waals surface area contributed by atoms with Crippen molar-refractivity contribution in [2.24, 2.45) is 0 Å². The van der Waals surface area contributed by atoms with Crippen molar-refractivity contribution in [3.8, 4) is 11.5 Å². The molecular formula is C16H19NO4. The Kier molecular flexibility index (Phi) is 3.08. The molecule has 2 unspecified atom stereocenters. The number of hydrogen-bond donors (Lipinski definition) is 2. The van der Waals surface area contributed by atoms with E-state index in [9.17, 15) is 9.90 Å². The van der Waals surface area contributed by atoms with Crippen LogP contribution in [0.15, 0.2) is 29.5 Å². The monoisotopic (exact) mass is 289 g/mol. The van der Waals surface area contributed by atoms with Gasteiger partial charge in [0, 0.05) is 24.0 Å². The average Bonchev–Trinajstić information content (AvgIpc) is 2.36. The molecule has 3 rings (SSSR count). The number of allylic oxidation sites excluding steroid dienone is 1. The second kappa shape index (κ2) is 4.69. The minimum atomic E-state index is -0.751. The summed E-state index contributed by atoms with van der Waals surface area (Å²) in [7, 11) is 0. The summed E-state index contributed by atoms with van der Waals surface area (Å²) >= 11 is 0. The molecule has 0 spiro atoms.